The summed E-state index contributed by atoms with van der Waals surface area (Å²) in [5.41, 5.74) is 3.50. The van der Waals surface area contributed by atoms with Crippen molar-refractivity contribution in [2.45, 2.75) is 13.1 Å². The van der Waals surface area contributed by atoms with Gasteiger partial charge in [0, 0.05) is 23.1 Å². The van der Waals surface area contributed by atoms with Gasteiger partial charge in [0.05, 0.1) is 26.9 Å². The Balaban J connectivity index is 1.66. The Kier molecular flexibility index (Phi) is 5.29. The summed E-state index contributed by atoms with van der Waals surface area (Å²) in [7, 11) is 0. The molecule has 0 fully saturated rings. The average molecular weight is 461 g/mol. The highest BCUT2D eigenvalue weighted by molar-refractivity contribution is 9.10. The smallest absolute Gasteiger partial charge is 0.268 e. The average Bonchev–Trinajstić information content (AvgIpc) is 3.21. The Labute approximate surface area is 173 Å². The maximum atomic E-state index is 12.9. The zero-order chi connectivity index (χ0) is 18.8. The van der Waals surface area contributed by atoms with Crippen LogP contribution in [-0.2, 0) is 13.1 Å². The highest BCUT2D eigenvalue weighted by Crippen LogP contribution is 2.34. The van der Waals surface area contributed by atoms with Crippen LogP contribution >= 0.6 is 38.9 Å². The van der Waals surface area contributed by atoms with Gasteiger partial charge in [-0.15, -0.1) is 11.3 Å². The Morgan fingerprint density at radius 3 is 2.89 bits per heavy atom. The molecule has 1 aromatic carbocycles. The number of aromatic nitrogens is 2. The van der Waals surface area contributed by atoms with E-state index in [0.717, 1.165) is 25.9 Å². The first-order chi connectivity index (χ1) is 13.1. The fraction of sp³-hybridized carbons (Fsp3) is 0.100. The fourth-order valence-electron chi connectivity index (χ4n) is 2.97. The van der Waals surface area contributed by atoms with E-state index >= 15 is 0 Å². The second kappa shape index (κ2) is 7.84. The van der Waals surface area contributed by atoms with Crippen molar-refractivity contribution < 1.29 is 4.79 Å². The SMILES string of the molecule is O=C(NCc1ccccn1)c1cc2scc(Br)c2n1Cc1cccc(Cl)c1. The molecule has 0 aliphatic heterocycles. The minimum absolute atomic E-state index is 0.127. The number of benzene rings is 1. The van der Waals surface area contributed by atoms with Crippen LogP contribution in [0, 0.1) is 0 Å². The molecule has 1 amide bonds. The third kappa shape index (κ3) is 3.93. The molecular formula is C20H15BrClN3OS. The molecule has 3 heterocycles. The number of halogens is 2. The summed E-state index contributed by atoms with van der Waals surface area (Å²) in [5.74, 6) is -0.127. The molecule has 0 spiro atoms. The number of rotatable bonds is 5. The van der Waals surface area contributed by atoms with Crippen LogP contribution in [0.4, 0.5) is 0 Å². The molecule has 0 aliphatic carbocycles. The van der Waals surface area contributed by atoms with Crippen LogP contribution in [0.3, 0.4) is 0 Å². The van der Waals surface area contributed by atoms with Crippen LogP contribution in [0.25, 0.3) is 10.2 Å². The second-order valence-corrected chi connectivity index (χ2v) is 8.25. The number of fused-ring (bicyclic) bond motifs is 1. The van der Waals surface area contributed by atoms with Crippen LogP contribution in [-0.4, -0.2) is 15.5 Å². The Morgan fingerprint density at radius 2 is 2.11 bits per heavy atom. The maximum absolute atomic E-state index is 12.9. The fourth-order valence-corrected chi connectivity index (χ4v) is 4.87. The highest BCUT2D eigenvalue weighted by Gasteiger charge is 2.19. The number of amides is 1. The number of carbonyl (C=O) groups is 1. The van der Waals surface area contributed by atoms with E-state index in [1.807, 2.05) is 58.5 Å². The Hall–Kier alpha value is -2.15. The van der Waals surface area contributed by atoms with Gasteiger partial charge in [-0.2, -0.15) is 0 Å². The molecule has 7 heteroatoms. The monoisotopic (exact) mass is 459 g/mol. The summed E-state index contributed by atoms with van der Waals surface area (Å²) in [6.45, 7) is 0.947. The first kappa shape index (κ1) is 18.2. The zero-order valence-electron chi connectivity index (χ0n) is 14.2. The third-order valence-corrected chi connectivity index (χ3v) is 6.26. The lowest BCUT2D eigenvalue weighted by Crippen LogP contribution is -2.26. The molecule has 4 aromatic rings. The summed E-state index contributed by atoms with van der Waals surface area (Å²) in [4.78, 5) is 17.1. The number of hydrogen-bond acceptors (Lipinski definition) is 3. The zero-order valence-corrected chi connectivity index (χ0v) is 17.3. The van der Waals surface area contributed by atoms with E-state index in [1.165, 1.54) is 0 Å². The van der Waals surface area contributed by atoms with Gasteiger partial charge in [-0.25, -0.2) is 0 Å². The van der Waals surface area contributed by atoms with Crippen molar-refractivity contribution in [3.05, 3.63) is 86.6 Å². The predicted molar refractivity (Wildman–Crippen MR) is 113 cm³/mol. The van der Waals surface area contributed by atoms with Crippen molar-refractivity contribution in [2.75, 3.05) is 0 Å². The lowest BCUT2D eigenvalue weighted by atomic mass is 10.2. The van der Waals surface area contributed by atoms with E-state index in [2.05, 4.69) is 26.2 Å². The number of nitrogens with zero attached hydrogens (tertiary/aromatic N) is 2. The molecular weight excluding hydrogens is 446 g/mol. The molecule has 1 N–H and O–H groups in total. The van der Waals surface area contributed by atoms with Crippen molar-refractivity contribution in [1.29, 1.82) is 0 Å². The lowest BCUT2D eigenvalue weighted by molar-refractivity contribution is 0.0942. The van der Waals surface area contributed by atoms with E-state index in [4.69, 9.17) is 11.6 Å². The largest absolute Gasteiger partial charge is 0.345 e. The topological polar surface area (TPSA) is 46.9 Å². The van der Waals surface area contributed by atoms with Gasteiger partial charge >= 0.3 is 0 Å². The van der Waals surface area contributed by atoms with Gasteiger partial charge in [0.2, 0.25) is 0 Å². The molecule has 0 bridgehead atoms. The van der Waals surface area contributed by atoms with Gasteiger partial charge in [0.25, 0.3) is 5.91 Å². The van der Waals surface area contributed by atoms with E-state index in [9.17, 15) is 4.79 Å². The van der Waals surface area contributed by atoms with Gasteiger partial charge in [0.15, 0.2) is 0 Å². The summed E-state index contributed by atoms with van der Waals surface area (Å²) < 4.78 is 4.06. The number of carbonyl (C=O) groups excluding carboxylic acids is 1. The Bertz CT molecular complexity index is 1110. The van der Waals surface area contributed by atoms with Crippen molar-refractivity contribution in [3.8, 4) is 0 Å². The summed E-state index contributed by atoms with van der Waals surface area (Å²) in [5, 5.41) is 5.68. The van der Waals surface area contributed by atoms with Crippen molar-refractivity contribution in [3.63, 3.8) is 0 Å². The van der Waals surface area contributed by atoms with E-state index < -0.39 is 0 Å². The van der Waals surface area contributed by atoms with Crippen LogP contribution in [0.5, 0.6) is 0 Å². The van der Waals surface area contributed by atoms with Crippen molar-refractivity contribution in [2.24, 2.45) is 0 Å². The molecule has 0 radical (unpaired) electrons. The Morgan fingerprint density at radius 1 is 1.22 bits per heavy atom. The molecule has 3 aromatic heterocycles. The standard InChI is InChI=1S/C20H15BrClN3OS/c21-16-12-27-18-9-17(20(26)24-10-15-6-1-2-7-23-15)25(19(16)18)11-13-4-3-5-14(22)8-13/h1-9,12H,10-11H2,(H,24,26). The summed E-state index contributed by atoms with van der Waals surface area (Å²) >= 11 is 11.3. The molecule has 4 rings (SSSR count). The van der Waals surface area contributed by atoms with Crippen molar-refractivity contribution in [1.82, 2.24) is 14.9 Å². The second-order valence-electron chi connectivity index (χ2n) is 6.05. The molecule has 136 valence electrons. The summed E-state index contributed by atoms with van der Waals surface area (Å²) in [6.07, 6.45) is 1.72. The molecule has 0 aliphatic rings. The normalized spacial score (nSPS) is 11.0. The number of hydrogen-bond donors (Lipinski definition) is 1. The van der Waals surface area contributed by atoms with E-state index in [0.29, 0.717) is 23.8 Å². The predicted octanol–water partition coefficient (Wildman–Crippen LogP) is 5.49. The first-order valence-electron chi connectivity index (χ1n) is 8.30. The molecule has 0 atom stereocenters. The van der Waals surface area contributed by atoms with Gasteiger partial charge in [-0.05, 0) is 51.8 Å². The van der Waals surface area contributed by atoms with Crippen LogP contribution in [0.2, 0.25) is 5.02 Å². The number of nitrogens with one attached hydrogen (secondary N) is 1. The van der Waals surface area contributed by atoms with Gasteiger partial charge in [-0.1, -0.05) is 29.8 Å². The highest BCUT2D eigenvalue weighted by atomic mass is 79.9. The van der Waals surface area contributed by atoms with Gasteiger partial charge in [0.1, 0.15) is 5.69 Å². The first-order valence-corrected chi connectivity index (χ1v) is 10.4. The maximum Gasteiger partial charge on any atom is 0.268 e. The molecule has 0 unspecified atom stereocenters. The van der Waals surface area contributed by atoms with Crippen LogP contribution in [0.15, 0.2) is 64.6 Å². The van der Waals surface area contributed by atoms with E-state index in [1.54, 1.807) is 17.5 Å². The van der Waals surface area contributed by atoms with Gasteiger partial charge < -0.3 is 9.88 Å². The van der Waals surface area contributed by atoms with Crippen LogP contribution < -0.4 is 5.32 Å². The lowest BCUT2D eigenvalue weighted by Gasteiger charge is -2.12. The third-order valence-electron chi connectivity index (χ3n) is 4.20. The van der Waals surface area contributed by atoms with E-state index in [-0.39, 0.29) is 5.91 Å². The van der Waals surface area contributed by atoms with Gasteiger partial charge in [-0.3, -0.25) is 9.78 Å². The molecule has 0 saturated carbocycles. The number of thiophene rings is 1. The van der Waals surface area contributed by atoms with Crippen molar-refractivity contribution >= 4 is 55.0 Å². The van der Waals surface area contributed by atoms with Crippen LogP contribution in [0.1, 0.15) is 21.7 Å². The minimum atomic E-state index is -0.127. The quantitative estimate of drug-likeness (QED) is 0.428. The molecule has 27 heavy (non-hydrogen) atoms. The number of pyridine rings is 1. The molecule has 0 saturated heterocycles. The summed E-state index contributed by atoms with van der Waals surface area (Å²) in [6, 6.07) is 15.3. The molecule has 4 nitrogen and oxygen atoms in total. The minimum Gasteiger partial charge on any atom is -0.345 e.